The van der Waals surface area contributed by atoms with Crippen LogP contribution in [0, 0.1) is 5.92 Å². The average molecular weight is 213 g/mol. The van der Waals surface area contributed by atoms with Gasteiger partial charge in [-0.05, 0) is 18.8 Å². The number of hydrogen-bond donors (Lipinski definition) is 2. The second-order valence-electron chi connectivity index (χ2n) is 3.92. The predicted molar refractivity (Wildman–Crippen MR) is 58.5 cm³/mol. The maximum absolute atomic E-state index is 11.3. The average Bonchev–Trinajstić information content (AvgIpc) is 2.12. The minimum absolute atomic E-state index is 0.233. The third-order valence-corrected chi connectivity index (χ3v) is 1.92. The zero-order valence-corrected chi connectivity index (χ0v) is 9.32. The molecule has 86 valence electrons. The molecule has 0 aromatic heterocycles. The van der Waals surface area contributed by atoms with Gasteiger partial charge in [-0.2, -0.15) is 0 Å². The minimum Gasteiger partial charge on any atom is -0.480 e. The van der Waals surface area contributed by atoms with E-state index in [4.69, 9.17) is 5.11 Å². The normalized spacial score (nSPS) is 12.2. The highest BCUT2D eigenvalue weighted by molar-refractivity contribution is 5.83. The van der Waals surface area contributed by atoms with E-state index in [1.165, 1.54) is 0 Å². The Bertz CT molecular complexity index is 236. The molecule has 0 spiro atoms. The first kappa shape index (κ1) is 13.7. The van der Waals surface area contributed by atoms with Crippen molar-refractivity contribution >= 4 is 11.9 Å². The molecule has 15 heavy (non-hydrogen) atoms. The van der Waals surface area contributed by atoms with Crippen molar-refractivity contribution < 1.29 is 14.7 Å². The maximum atomic E-state index is 11.3. The Morgan fingerprint density at radius 2 is 2.07 bits per heavy atom. The third-order valence-electron chi connectivity index (χ3n) is 1.92. The van der Waals surface area contributed by atoms with Crippen molar-refractivity contribution in [2.45, 2.75) is 39.2 Å². The third kappa shape index (κ3) is 6.71. The first-order valence-corrected chi connectivity index (χ1v) is 5.10. The van der Waals surface area contributed by atoms with Crippen LogP contribution in [0.5, 0.6) is 0 Å². The maximum Gasteiger partial charge on any atom is 0.326 e. The van der Waals surface area contributed by atoms with Gasteiger partial charge < -0.3 is 10.4 Å². The van der Waals surface area contributed by atoms with Gasteiger partial charge in [0.25, 0.3) is 0 Å². The first-order valence-electron chi connectivity index (χ1n) is 5.10. The molecule has 0 fully saturated rings. The molecule has 0 rings (SSSR count). The summed E-state index contributed by atoms with van der Waals surface area (Å²) in [6, 6.07) is -0.776. The molecule has 2 N–H and O–H groups in total. The van der Waals surface area contributed by atoms with Gasteiger partial charge in [0.05, 0.1) is 0 Å². The van der Waals surface area contributed by atoms with Crippen LogP contribution in [-0.2, 0) is 9.59 Å². The lowest BCUT2D eigenvalue weighted by Gasteiger charge is -2.16. The summed E-state index contributed by atoms with van der Waals surface area (Å²) in [5.74, 6) is -0.968. The summed E-state index contributed by atoms with van der Waals surface area (Å²) in [6.45, 7) is 7.34. The van der Waals surface area contributed by atoms with Gasteiger partial charge in [0.1, 0.15) is 6.04 Å². The van der Waals surface area contributed by atoms with Crippen molar-refractivity contribution in [3.63, 3.8) is 0 Å². The highest BCUT2D eigenvalue weighted by atomic mass is 16.4. The molecule has 0 unspecified atom stereocenters. The number of nitrogens with one attached hydrogen (secondary N) is 1. The number of allylic oxidation sites excluding steroid dienone is 1. The summed E-state index contributed by atoms with van der Waals surface area (Å²) in [7, 11) is 0. The quantitative estimate of drug-likeness (QED) is 0.631. The van der Waals surface area contributed by atoms with Crippen LogP contribution >= 0.6 is 0 Å². The molecule has 0 aliphatic heterocycles. The van der Waals surface area contributed by atoms with E-state index in [9.17, 15) is 9.59 Å². The van der Waals surface area contributed by atoms with Crippen LogP contribution in [0.4, 0.5) is 0 Å². The minimum atomic E-state index is -0.976. The van der Waals surface area contributed by atoms with E-state index >= 15 is 0 Å². The van der Waals surface area contributed by atoms with Crippen LogP contribution in [-0.4, -0.2) is 23.0 Å². The zero-order chi connectivity index (χ0) is 11.8. The molecule has 0 saturated heterocycles. The van der Waals surface area contributed by atoms with Crippen LogP contribution in [0.2, 0.25) is 0 Å². The lowest BCUT2D eigenvalue weighted by atomic mass is 10.0. The Labute approximate surface area is 90.4 Å². The van der Waals surface area contributed by atoms with E-state index in [0.29, 0.717) is 19.3 Å². The number of amides is 1. The van der Waals surface area contributed by atoms with Crippen molar-refractivity contribution in [3.05, 3.63) is 12.7 Å². The fourth-order valence-corrected chi connectivity index (χ4v) is 1.19. The molecule has 0 aliphatic carbocycles. The monoisotopic (exact) mass is 213 g/mol. The van der Waals surface area contributed by atoms with Crippen LogP contribution in [0.25, 0.3) is 0 Å². The van der Waals surface area contributed by atoms with Crippen LogP contribution in [0.15, 0.2) is 12.7 Å². The van der Waals surface area contributed by atoms with Crippen LogP contribution in [0.1, 0.15) is 33.1 Å². The Hall–Kier alpha value is -1.32. The summed E-state index contributed by atoms with van der Waals surface area (Å²) in [4.78, 5) is 22.1. The van der Waals surface area contributed by atoms with Crippen LogP contribution in [0.3, 0.4) is 0 Å². The van der Waals surface area contributed by atoms with Crippen molar-refractivity contribution in [2.24, 2.45) is 5.92 Å². The van der Waals surface area contributed by atoms with Crippen molar-refractivity contribution in [1.82, 2.24) is 5.32 Å². The lowest BCUT2D eigenvalue weighted by Crippen LogP contribution is -2.41. The van der Waals surface area contributed by atoms with Gasteiger partial charge in [0.15, 0.2) is 0 Å². The highest BCUT2D eigenvalue weighted by Crippen LogP contribution is 2.05. The molecule has 0 heterocycles. The van der Waals surface area contributed by atoms with Gasteiger partial charge in [-0.3, -0.25) is 4.79 Å². The lowest BCUT2D eigenvalue weighted by molar-refractivity contribution is -0.142. The molecule has 4 heteroatoms. The molecule has 1 atom stereocenters. The van der Waals surface area contributed by atoms with Gasteiger partial charge in [0.2, 0.25) is 5.91 Å². The highest BCUT2D eigenvalue weighted by Gasteiger charge is 2.20. The predicted octanol–water partition coefficient (Wildman–Crippen LogP) is 1.57. The summed E-state index contributed by atoms with van der Waals surface area (Å²) < 4.78 is 0. The Balaban J connectivity index is 4.10. The van der Waals surface area contributed by atoms with E-state index in [1.54, 1.807) is 6.08 Å². The Kier molecular flexibility index (Phi) is 6.42. The van der Waals surface area contributed by atoms with Gasteiger partial charge in [-0.25, -0.2) is 4.79 Å². The number of carboxylic acids is 1. The van der Waals surface area contributed by atoms with Gasteiger partial charge in [-0.15, -0.1) is 6.58 Å². The van der Waals surface area contributed by atoms with E-state index in [1.807, 2.05) is 13.8 Å². The van der Waals surface area contributed by atoms with E-state index < -0.39 is 12.0 Å². The standard InChI is InChI=1S/C11H19NO3/c1-4-5-6-10(13)12-9(11(14)15)7-8(2)3/h4,8-9H,1,5-7H2,2-3H3,(H,12,13)(H,14,15)/t9-/m0/s1. The Morgan fingerprint density at radius 3 is 2.47 bits per heavy atom. The van der Waals surface area contributed by atoms with E-state index in [0.717, 1.165) is 0 Å². The molecule has 0 aromatic carbocycles. The number of aliphatic carboxylic acids is 1. The molecular weight excluding hydrogens is 194 g/mol. The SMILES string of the molecule is C=CCCC(=O)N[C@@H](CC(C)C)C(=O)O. The molecule has 4 nitrogen and oxygen atoms in total. The molecule has 0 aromatic rings. The van der Waals surface area contributed by atoms with Crippen LogP contribution < -0.4 is 5.32 Å². The van der Waals surface area contributed by atoms with Crippen molar-refractivity contribution in [2.75, 3.05) is 0 Å². The number of hydrogen-bond acceptors (Lipinski definition) is 2. The number of rotatable bonds is 7. The second kappa shape index (κ2) is 7.04. The van der Waals surface area contributed by atoms with E-state index in [2.05, 4.69) is 11.9 Å². The number of carbonyl (C=O) groups excluding carboxylic acids is 1. The second-order valence-corrected chi connectivity index (χ2v) is 3.92. The molecule has 0 aliphatic rings. The van der Waals surface area contributed by atoms with Gasteiger partial charge >= 0.3 is 5.97 Å². The van der Waals surface area contributed by atoms with Crippen molar-refractivity contribution in [3.8, 4) is 0 Å². The smallest absolute Gasteiger partial charge is 0.326 e. The molecule has 0 radical (unpaired) electrons. The van der Waals surface area contributed by atoms with E-state index in [-0.39, 0.29) is 11.8 Å². The van der Waals surface area contributed by atoms with Gasteiger partial charge in [0, 0.05) is 6.42 Å². The fraction of sp³-hybridized carbons (Fsp3) is 0.636. The number of carbonyl (C=O) groups is 2. The molecule has 0 saturated carbocycles. The zero-order valence-electron chi connectivity index (χ0n) is 9.32. The summed E-state index contributed by atoms with van der Waals surface area (Å²) >= 11 is 0. The molecular formula is C11H19NO3. The van der Waals surface area contributed by atoms with Crippen molar-refractivity contribution in [1.29, 1.82) is 0 Å². The fourth-order valence-electron chi connectivity index (χ4n) is 1.19. The number of carboxylic acid groups (broad SMARTS) is 1. The summed E-state index contributed by atoms with van der Waals surface area (Å²) in [6.07, 6.45) is 2.96. The van der Waals surface area contributed by atoms with Gasteiger partial charge in [-0.1, -0.05) is 19.9 Å². The molecule has 1 amide bonds. The largest absolute Gasteiger partial charge is 0.480 e. The summed E-state index contributed by atoms with van der Waals surface area (Å²) in [5.41, 5.74) is 0. The summed E-state index contributed by atoms with van der Waals surface area (Å²) in [5, 5.41) is 11.4. The topological polar surface area (TPSA) is 66.4 Å². The first-order chi connectivity index (χ1) is 6.97. The molecule has 0 bridgehead atoms. The Morgan fingerprint density at radius 1 is 1.47 bits per heavy atom.